The first-order valence-electron chi connectivity index (χ1n) is 6.77. The summed E-state index contributed by atoms with van der Waals surface area (Å²) in [6.07, 6.45) is 2.32. The van der Waals surface area contributed by atoms with E-state index in [1.165, 1.54) is 10.4 Å². The maximum Gasteiger partial charge on any atom is 0.329 e. The third kappa shape index (κ3) is 2.15. The van der Waals surface area contributed by atoms with Gasteiger partial charge < -0.3 is 10.0 Å². The number of hydrogen-bond acceptors (Lipinski definition) is 4. The molecule has 1 fully saturated rings. The van der Waals surface area contributed by atoms with E-state index in [4.69, 9.17) is 0 Å². The molecule has 2 aliphatic heterocycles. The van der Waals surface area contributed by atoms with Gasteiger partial charge in [0.05, 0.1) is 4.88 Å². The highest BCUT2D eigenvalue weighted by Gasteiger charge is 2.46. The van der Waals surface area contributed by atoms with Gasteiger partial charge in [0.1, 0.15) is 5.54 Å². The second-order valence-corrected chi connectivity index (χ2v) is 7.74. The number of amides is 1. The summed E-state index contributed by atoms with van der Waals surface area (Å²) in [6, 6.07) is 1.97. The van der Waals surface area contributed by atoms with Crippen molar-refractivity contribution in [3.05, 3.63) is 21.4 Å². The predicted molar refractivity (Wildman–Crippen MR) is 80.5 cm³/mol. The Morgan fingerprint density at radius 3 is 2.95 bits per heavy atom. The van der Waals surface area contributed by atoms with Crippen LogP contribution in [0, 0.1) is 0 Å². The van der Waals surface area contributed by atoms with Crippen molar-refractivity contribution in [1.29, 1.82) is 0 Å². The highest BCUT2D eigenvalue weighted by molar-refractivity contribution is 7.98. The van der Waals surface area contributed by atoms with Gasteiger partial charge in [0.2, 0.25) is 0 Å². The van der Waals surface area contributed by atoms with Crippen molar-refractivity contribution in [2.75, 3.05) is 12.3 Å². The number of carboxylic acid groups (broad SMARTS) is 1. The van der Waals surface area contributed by atoms with Crippen LogP contribution in [-0.4, -0.2) is 39.7 Å². The summed E-state index contributed by atoms with van der Waals surface area (Å²) in [5.41, 5.74) is 0.210. The highest BCUT2D eigenvalue weighted by atomic mass is 32.2. The Morgan fingerprint density at radius 2 is 2.25 bits per heavy atom. The van der Waals surface area contributed by atoms with Crippen LogP contribution in [0.5, 0.6) is 0 Å². The average Bonchev–Trinajstić information content (AvgIpc) is 3.02. The van der Waals surface area contributed by atoms with Gasteiger partial charge in [-0.2, -0.15) is 11.8 Å². The third-order valence-corrected chi connectivity index (χ3v) is 6.42. The number of fused-ring (bicyclic) bond motifs is 1. The molecule has 1 aromatic rings. The number of aryl methyl sites for hydroxylation is 1. The van der Waals surface area contributed by atoms with Crippen molar-refractivity contribution in [2.24, 2.45) is 0 Å². The standard InChI is InChI=1S/C14H17NO3S2/c1-14(13(17)18)4-2-5-15(14)12(16)11-7-9-8-19-6-3-10(9)20-11/h7H,2-6,8H2,1H3,(H,17,18). The Bertz CT molecular complexity index is 545. The van der Waals surface area contributed by atoms with Gasteiger partial charge in [-0.1, -0.05) is 0 Å². The minimum absolute atomic E-state index is 0.114. The van der Waals surface area contributed by atoms with Crippen molar-refractivity contribution in [1.82, 2.24) is 4.90 Å². The van der Waals surface area contributed by atoms with E-state index in [-0.39, 0.29) is 5.91 Å². The molecule has 3 heterocycles. The Labute approximate surface area is 126 Å². The first kappa shape index (κ1) is 13.9. The van der Waals surface area contributed by atoms with E-state index < -0.39 is 11.5 Å². The fourth-order valence-corrected chi connectivity index (χ4v) is 5.22. The van der Waals surface area contributed by atoms with E-state index in [1.54, 1.807) is 23.2 Å². The van der Waals surface area contributed by atoms with Gasteiger partial charge in [-0.15, -0.1) is 11.3 Å². The van der Waals surface area contributed by atoms with Crippen molar-refractivity contribution < 1.29 is 14.7 Å². The minimum Gasteiger partial charge on any atom is -0.480 e. The molecule has 1 unspecified atom stereocenters. The Balaban J connectivity index is 1.89. The van der Waals surface area contributed by atoms with Crippen LogP contribution in [0.1, 0.15) is 39.9 Å². The Morgan fingerprint density at radius 1 is 1.45 bits per heavy atom. The van der Waals surface area contributed by atoms with Gasteiger partial charge in [-0.3, -0.25) is 4.79 Å². The number of hydrogen-bond donors (Lipinski definition) is 1. The van der Waals surface area contributed by atoms with Gasteiger partial charge in [0.25, 0.3) is 5.91 Å². The number of nitrogens with zero attached hydrogens (tertiary/aromatic N) is 1. The fourth-order valence-electron chi connectivity index (χ4n) is 2.90. The quantitative estimate of drug-likeness (QED) is 0.912. The maximum atomic E-state index is 12.7. The smallest absolute Gasteiger partial charge is 0.329 e. The zero-order valence-corrected chi connectivity index (χ0v) is 13.0. The average molecular weight is 311 g/mol. The minimum atomic E-state index is -1.05. The summed E-state index contributed by atoms with van der Waals surface area (Å²) in [5, 5.41) is 9.41. The van der Waals surface area contributed by atoms with Crippen molar-refractivity contribution in [3.8, 4) is 0 Å². The van der Waals surface area contributed by atoms with E-state index in [1.807, 2.05) is 17.8 Å². The van der Waals surface area contributed by atoms with E-state index in [0.717, 1.165) is 24.3 Å². The normalized spacial score (nSPS) is 25.6. The van der Waals surface area contributed by atoms with Crippen molar-refractivity contribution >= 4 is 35.0 Å². The summed E-state index contributed by atoms with van der Waals surface area (Å²) < 4.78 is 0. The number of thiophene rings is 1. The molecule has 1 N–H and O–H groups in total. The molecule has 0 saturated carbocycles. The first-order chi connectivity index (χ1) is 9.52. The summed E-state index contributed by atoms with van der Waals surface area (Å²) in [5.74, 6) is 1.06. The fraction of sp³-hybridized carbons (Fsp3) is 0.571. The number of carbonyl (C=O) groups excluding carboxylic acids is 1. The van der Waals surface area contributed by atoms with Crippen LogP contribution in [0.2, 0.25) is 0 Å². The van der Waals surface area contributed by atoms with Crippen LogP contribution in [-0.2, 0) is 17.0 Å². The van der Waals surface area contributed by atoms with Crippen LogP contribution >= 0.6 is 23.1 Å². The molecule has 3 rings (SSSR count). The van der Waals surface area contributed by atoms with Gasteiger partial charge in [0, 0.05) is 17.2 Å². The van der Waals surface area contributed by atoms with E-state index in [2.05, 4.69) is 0 Å². The maximum absolute atomic E-state index is 12.7. The lowest BCUT2D eigenvalue weighted by atomic mass is 9.99. The lowest BCUT2D eigenvalue weighted by Gasteiger charge is -2.30. The second kappa shape index (κ2) is 5.07. The predicted octanol–water partition coefficient (Wildman–Crippen LogP) is 2.62. The molecule has 0 radical (unpaired) electrons. The molecule has 20 heavy (non-hydrogen) atoms. The summed E-state index contributed by atoms with van der Waals surface area (Å²) in [7, 11) is 0. The van der Waals surface area contributed by atoms with Crippen molar-refractivity contribution in [2.45, 2.75) is 37.5 Å². The van der Waals surface area contributed by atoms with Crippen LogP contribution in [0.15, 0.2) is 6.07 Å². The van der Waals surface area contributed by atoms with Crippen LogP contribution in [0.25, 0.3) is 0 Å². The molecule has 2 aliphatic rings. The van der Waals surface area contributed by atoms with Crippen LogP contribution < -0.4 is 0 Å². The summed E-state index contributed by atoms with van der Waals surface area (Å²) >= 11 is 3.43. The molecule has 4 nitrogen and oxygen atoms in total. The summed E-state index contributed by atoms with van der Waals surface area (Å²) in [4.78, 5) is 27.7. The van der Waals surface area contributed by atoms with E-state index in [9.17, 15) is 14.7 Å². The topological polar surface area (TPSA) is 57.6 Å². The van der Waals surface area contributed by atoms with Gasteiger partial charge in [-0.05, 0) is 43.6 Å². The largest absolute Gasteiger partial charge is 0.480 e. The molecule has 1 amide bonds. The lowest BCUT2D eigenvalue weighted by molar-refractivity contribution is -0.147. The molecule has 0 bridgehead atoms. The highest BCUT2D eigenvalue weighted by Crippen LogP contribution is 2.35. The monoisotopic (exact) mass is 311 g/mol. The second-order valence-electron chi connectivity index (χ2n) is 5.50. The lowest BCUT2D eigenvalue weighted by Crippen LogP contribution is -2.50. The number of carbonyl (C=O) groups is 2. The molecule has 0 aliphatic carbocycles. The van der Waals surface area contributed by atoms with E-state index in [0.29, 0.717) is 17.8 Å². The van der Waals surface area contributed by atoms with Gasteiger partial charge in [0.15, 0.2) is 0 Å². The number of likely N-dealkylation sites (tertiary alicyclic amines) is 1. The molecule has 1 saturated heterocycles. The molecular weight excluding hydrogens is 294 g/mol. The molecule has 1 aromatic heterocycles. The van der Waals surface area contributed by atoms with E-state index >= 15 is 0 Å². The number of thioether (sulfide) groups is 1. The third-order valence-electron chi connectivity index (χ3n) is 4.19. The molecular formula is C14H17NO3S2. The Hall–Kier alpha value is -1.01. The number of carboxylic acids is 1. The first-order valence-corrected chi connectivity index (χ1v) is 8.74. The van der Waals surface area contributed by atoms with Crippen LogP contribution in [0.4, 0.5) is 0 Å². The molecule has 1 atom stereocenters. The molecule has 0 aromatic carbocycles. The van der Waals surface area contributed by atoms with Gasteiger partial charge in [-0.25, -0.2) is 4.79 Å². The number of rotatable bonds is 2. The van der Waals surface area contributed by atoms with Crippen molar-refractivity contribution in [3.63, 3.8) is 0 Å². The van der Waals surface area contributed by atoms with Crippen LogP contribution in [0.3, 0.4) is 0 Å². The number of aliphatic carboxylic acids is 1. The Kier molecular flexibility index (Phi) is 3.54. The zero-order chi connectivity index (χ0) is 14.3. The summed E-state index contributed by atoms with van der Waals surface area (Å²) in [6.45, 7) is 2.20. The van der Waals surface area contributed by atoms with Gasteiger partial charge >= 0.3 is 5.97 Å². The SMILES string of the molecule is CC1(C(=O)O)CCCN1C(=O)c1cc2c(s1)CCSC2. The molecule has 0 spiro atoms. The molecule has 108 valence electrons. The zero-order valence-electron chi connectivity index (χ0n) is 11.3. The molecule has 6 heteroatoms.